The lowest BCUT2D eigenvalue weighted by Crippen LogP contribution is -2.29. The van der Waals surface area contributed by atoms with E-state index < -0.39 is 9.84 Å². The molecule has 2 N–H and O–H groups in total. The number of amides is 1. The molecule has 29 heavy (non-hydrogen) atoms. The maximum Gasteiger partial charge on any atom is 0.271 e. The lowest BCUT2D eigenvalue weighted by Gasteiger charge is -2.10. The number of hydrogen-bond acceptors (Lipinski definition) is 5. The maximum absolute atomic E-state index is 12.7. The van der Waals surface area contributed by atoms with Crippen LogP contribution < -0.4 is 10.9 Å². The van der Waals surface area contributed by atoms with Gasteiger partial charge in [0.05, 0.1) is 21.0 Å². The second-order valence-electron chi connectivity index (χ2n) is 6.53. The fraction of sp³-hybridized carbons (Fsp3) is 0.0476. The van der Waals surface area contributed by atoms with Gasteiger partial charge in [-0.1, -0.05) is 17.7 Å². The van der Waals surface area contributed by atoms with Gasteiger partial charge in [-0.3, -0.25) is 15.6 Å². The lowest BCUT2D eigenvalue weighted by molar-refractivity contribution is 0.0962. The normalized spacial score (nSPS) is 11.3. The van der Waals surface area contributed by atoms with Gasteiger partial charge in [-0.2, -0.15) is 0 Å². The number of aryl methyl sites for hydroxylation is 1. The first kappa shape index (κ1) is 18.7. The SMILES string of the molecule is Cc1ccc(S(=O)(=O)c2ccc(NNC(=O)c3ccc4nccn4c3)cc2)cc1. The highest BCUT2D eigenvalue weighted by atomic mass is 32.2. The van der Waals surface area contributed by atoms with E-state index in [0.717, 1.165) is 11.2 Å². The van der Waals surface area contributed by atoms with E-state index in [1.807, 2.05) is 6.92 Å². The number of aromatic nitrogens is 2. The van der Waals surface area contributed by atoms with Gasteiger partial charge >= 0.3 is 0 Å². The van der Waals surface area contributed by atoms with Crippen molar-refractivity contribution in [3.63, 3.8) is 0 Å². The molecule has 4 rings (SSSR count). The van der Waals surface area contributed by atoms with Crippen LogP contribution in [0.2, 0.25) is 0 Å². The Bertz CT molecular complexity index is 1280. The Balaban J connectivity index is 1.45. The highest BCUT2D eigenvalue weighted by molar-refractivity contribution is 7.91. The molecule has 2 aromatic carbocycles. The fourth-order valence-corrected chi connectivity index (χ4v) is 4.09. The Labute approximate surface area is 167 Å². The summed E-state index contributed by atoms with van der Waals surface area (Å²) in [5.41, 5.74) is 8.15. The maximum atomic E-state index is 12.7. The van der Waals surface area contributed by atoms with Crippen molar-refractivity contribution in [3.8, 4) is 0 Å². The molecule has 7 nitrogen and oxygen atoms in total. The molecular weight excluding hydrogens is 388 g/mol. The number of sulfone groups is 1. The molecule has 0 spiro atoms. The summed E-state index contributed by atoms with van der Waals surface area (Å²) in [5.74, 6) is -0.322. The van der Waals surface area contributed by atoms with Gasteiger partial charge in [-0.25, -0.2) is 13.4 Å². The largest absolute Gasteiger partial charge is 0.306 e. The summed E-state index contributed by atoms with van der Waals surface area (Å²) < 4.78 is 27.1. The second kappa shape index (κ2) is 7.40. The monoisotopic (exact) mass is 406 g/mol. The third-order valence-electron chi connectivity index (χ3n) is 4.47. The molecule has 0 saturated carbocycles. The zero-order valence-electron chi connectivity index (χ0n) is 15.5. The molecule has 4 aromatic rings. The number of carbonyl (C=O) groups is 1. The van der Waals surface area contributed by atoms with E-state index in [2.05, 4.69) is 15.8 Å². The number of hydrogen-bond donors (Lipinski definition) is 2. The Kier molecular flexibility index (Phi) is 4.77. The summed E-state index contributed by atoms with van der Waals surface area (Å²) in [7, 11) is -3.59. The lowest BCUT2D eigenvalue weighted by atomic mass is 10.2. The standard InChI is InChI=1S/C21H18N4O3S/c1-15-2-7-18(8-3-15)29(27,28)19-9-5-17(6-10-19)23-24-21(26)16-4-11-20-22-12-13-25(20)14-16/h2-14,23H,1H3,(H,24,26). The Morgan fingerprint density at radius 3 is 2.28 bits per heavy atom. The van der Waals surface area contributed by atoms with Crippen LogP contribution in [-0.2, 0) is 9.84 Å². The van der Waals surface area contributed by atoms with E-state index in [0.29, 0.717) is 11.3 Å². The predicted octanol–water partition coefficient (Wildman–Crippen LogP) is 3.23. The topological polar surface area (TPSA) is 92.6 Å². The average molecular weight is 406 g/mol. The van der Waals surface area contributed by atoms with Crippen LogP contribution in [0.15, 0.2) is 89.0 Å². The molecule has 0 radical (unpaired) electrons. The molecule has 0 aliphatic heterocycles. The minimum absolute atomic E-state index is 0.184. The highest BCUT2D eigenvalue weighted by Crippen LogP contribution is 2.22. The first-order chi connectivity index (χ1) is 13.9. The molecule has 0 aliphatic rings. The van der Waals surface area contributed by atoms with Crippen molar-refractivity contribution in [1.29, 1.82) is 0 Å². The average Bonchev–Trinajstić information content (AvgIpc) is 3.20. The fourth-order valence-electron chi connectivity index (χ4n) is 2.83. The number of fused-ring (bicyclic) bond motifs is 1. The summed E-state index contributed by atoms with van der Waals surface area (Å²) >= 11 is 0. The summed E-state index contributed by atoms with van der Waals surface area (Å²) in [6, 6.07) is 16.3. The van der Waals surface area contributed by atoms with Crippen molar-refractivity contribution in [1.82, 2.24) is 14.8 Å². The van der Waals surface area contributed by atoms with Gasteiger partial charge in [0.15, 0.2) is 0 Å². The van der Waals surface area contributed by atoms with E-state index in [1.165, 1.54) is 12.1 Å². The van der Waals surface area contributed by atoms with Crippen molar-refractivity contribution in [2.24, 2.45) is 0 Å². The quantitative estimate of drug-likeness (QED) is 0.497. The molecule has 0 saturated heterocycles. The van der Waals surface area contributed by atoms with Crippen LogP contribution in [0.25, 0.3) is 5.65 Å². The number of carbonyl (C=O) groups excluding carboxylic acids is 1. The zero-order chi connectivity index (χ0) is 20.4. The highest BCUT2D eigenvalue weighted by Gasteiger charge is 2.17. The van der Waals surface area contributed by atoms with E-state index in [-0.39, 0.29) is 15.7 Å². The molecule has 8 heteroatoms. The summed E-state index contributed by atoms with van der Waals surface area (Å²) in [5, 5.41) is 0. The van der Waals surface area contributed by atoms with Crippen LogP contribution in [0.5, 0.6) is 0 Å². The summed E-state index contributed by atoms with van der Waals surface area (Å²) in [6.07, 6.45) is 5.09. The Morgan fingerprint density at radius 2 is 1.59 bits per heavy atom. The van der Waals surface area contributed by atoms with Gasteiger partial charge in [0.25, 0.3) is 5.91 Å². The van der Waals surface area contributed by atoms with E-state index in [9.17, 15) is 13.2 Å². The van der Waals surface area contributed by atoms with Crippen LogP contribution >= 0.6 is 0 Å². The van der Waals surface area contributed by atoms with Gasteiger partial charge in [0.1, 0.15) is 5.65 Å². The number of pyridine rings is 1. The Morgan fingerprint density at radius 1 is 0.931 bits per heavy atom. The van der Waals surface area contributed by atoms with Gasteiger partial charge < -0.3 is 4.40 Å². The molecule has 0 aliphatic carbocycles. The molecule has 0 unspecified atom stereocenters. The predicted molar refractivity (Wildman–Crippen MR) is 109 cm³/mol. The number of nitrogens with one attached hydrogen (secondary N) is 2. The minimum Gasteiger partial charge on any atom is -0.306 e. The first-order valence-corrected chi connectivity index (χ1v) is 10.3. The van der Waals surface area contributed by atoms with Crippen molar-refractivity contribution < 1.29 is 13.2 Å². The van der Waals surface area contributed by atoms with Crippen LogP contribution in [-0.4, -0.2) is 23.7 Å². The van der Waals surface area contributed by atoms with Crippen LogP contribution in [0, 0.1) is 6.92 Å². The van der Waals surface area contributed by atoms with Crippen LogP contribution in [0.4, 0.5) is 5.69 Å². The minimum atomic E-state index is -3.59. The van der Waals surface area contributed by atoms with E-state index in [1.54, 1.807) is 71.5 Å². The van der Waals surface area contributed by atoms with Gasteiger partial charge in [-0.05, 0) is 55.5 Å². The molecule has 0 bridgehead atoms. The van der Waals surface area contributed by atoms with E-state index in [4.69, 9.17) is 0 Å². The molecule has 2 aromatic heterocycles. The third-order valence-corrected chi connectivity index (χ3v) is 6.25. The first-order valence-electron chi connectivity index (χ1n) is 8.84. The Hall–Kier alpha value is -3.65. The van der Waals surface area contributed by atoms with Gasteiger partial charge in [0, 0.05) is 18.6 Å². The van der Waals surface area contributed by atoms with Crippen LogP contribution in [0.1, 0.15) is 15.9 Å². The summed E-state index contributed by atoms with van der Waals surface area (Å²) in [4.78, 5) is 16.9. The number of anilines is 1. The zero-order valence-corrected chi connectivity index (χ0v) is 16.3. The van der Waals surface area contributed by atoms with Gasteiger partial charge in [-0.15, -0.1) is 0 Å². The number of imidazole rings is 1. The second-order valence-corrected chi connectivity index (χ2v) is 8.48. The van der Waals surface area contributed by atoms with Crippen molar-refractivity contribution in [2.75, 3.05) is 5.43 Å². The number of rotatable bonds is 5. The molecule has 0 atom stereocenters. The van der Waals surface area contributed by atoms with Gasteiger partial charge in [0.2, 0.25) is 9.84 Å². The van der Waals surface area contributed by atoms with Crippen LogP contribution in [0.3, 0.4) is 0 Å². The van der Waals surface area contributed by atoms with Crippen molar-refractivity contribution >= 4 is 27.1 Å². The van der Waals surface area contributed by atoms with Crippen molar-refractivity contribution in [2.45, 2.75) is 16.7 Å². The molecule has 1 amide bonds. The molecule has 0 fully saturated rings. The third kappa shape index (κ3) is 3.83. The van der Waals surface area contributed by atoms with Crippen molar-refractivity contribution in [3.05, 3.63) is 90.4 Å². The molecule has 2 heterocycles. The molecule has 146 valence electrons. The summed E-state index contributed by atoms with van der Waals surface area (Å²) in [6.45, 7) is 1.90. The number of nitrogens with zero attached hydrogens (tertiary/aromatic N) is 2. The molecular formula is C21H18N4O3S. The number of benzene rings is 2. The van der Waals surface area contributed by atoms with E-state index >= 15 is 0 Å². The number of hydrazine groups is 1. The smallest absolute Gasteiger partial charge is 0.271 e.